The van der Waals surface area contributed by atoms with Crippen molar-refractivity contribution in [3.05, 3.63) is 17.9 Å². The van der Waals surface area contributed by atoms with Gasteiger partial charge in [-0.15, -0.1) is 5.73 Å². The van der Waals surface area contributed by atoms with E-state index in [1.54, 1.807) is 0 Å². The highest BCUT2D eigenvalue weighted by atomic mass is 14.6. The van der Waals surface area contributed by atoms with Crippen LogP contribution in [0.15, 0.2) is 17.9 Å². The second kappa shape index (κ2) is 2.78. The predicted octanol–water partition coefficient (Wildman–Crippen LogP) is 3.40. The topological polar surface area (TPSA) is 0 Å². The van der Waals surface area contributed by atoms with Crippen molar-refractivity contribution in [1.29, 1.82) is 0 Å². The summed E-state index contributed by atoms with van der Waals surface area (Å²) in [7, 11) is 0. The summed E-state index contributed by atoms with van der Waals surface area (Å²) in [6.07, 6.45) is 4.13. The molecule has 0 N–H and O–H groups in total. The van der Waals surface area contributed by atoms with E-state index in [1.807, 2.05) is 0 Å². The van der Waals surface area contributed by atoms with Gasteiger partial charge in [-0.05, 0) is 42.1 Å². The third-order valence-corrected chi connectivity index (χ3v) is 3.74. The Kier molecular flexibility index (Phi) is 1.88. The van der Waals surface area contributed by atoms with Gasteiger partial charge in [-0.1, -0.05) is 26.8 Å². The van der Waals surface area contributed by atoms with E-state index in [1.165, 1.54) is 24.8 Å². The number of rotatable bonds is 3. The second-order valence-corrected chi connectivity index (χ2v) is 4.46. The maximum absolute atomic E-state index is 3.71. The molecular formula is C12H18. The Hall–Kier alpha value is -0.480. The summed E-state index contributed by atoms with van der Waals surface area (Å²) < 4.78 is 0. The first-order valence-electron chi connectivity index (χ1n) is 5.16. The molecule has 2 aliphatic rings. The molecule has 0 heteroatoms. The first kappa shape index (κ1) is 8.13. The molecule has 12 heavy (non-hydrogen) atoms. The first-order valence-corrected chi connectivity index (χ1v) is 5.16. The predicted molar refractivity (Wildman–Crippen MR) is 51.8 cm³/mol. The maximum Gasteiger partial charge on any atom is -0.00525 e. The van der Waals surface area contributed by atoms with Gasteiger partial charge in [0.25, 0.3) is 0 Å². The van der Waals surface area contributed by atoms with Crippen molar-refractivity contribution in [2.45, 2.75) is 33.1 Å². The molecule has 66 valence electrons. The van der Waals surface area contributed by atoms with Crippen molar-refractivity contribution in [3.63, 3.8) is 0 Å². The molecule has 0 aromatic heterocycles. The van der Waals surface area contributed by atoms with Crippen molar-refractivity contribution in [2.24, 2.45) is 23.7 Å². The molecule has 2 fully saturated rings. The molecule has 2 saturated carbocycles. The van der Waals surface area contributed by atoms with Crippen molar-refractivity contribution >= 4 is 0 Å². The highest BCUT2D eigenvalue weighted by molar-refractivity contribution is 5.26. The van der Waals surface area contributed by atoms with Crippen LogP contribution in [0.25, 0.3) is 0 Å². The maximum atomic E-state index is 3.71. The van der Waals surface area contributed by atoms with Crippen LogP contribution in [0.1, 0.15) is 33.1 Å². The van der Waals surface area contributed by atoms with E-state index in [0.717, 1.165) is 23.7 Å². The minimum absolute atomic E-state index is 0.904. The minimum atomic E-state index is 0.904. The Bertz CT molecular complexity index is 232. The summed E-state index contributed by atoms with van der Waals surface area (Å²) in [6, 6.07) is 0. The van der Waals surface area contributed by atoms with Gasteiger partial charge < -0.3 is 0 Å². The Morgan fingerprint density at radius 1 is 1.67 bits per heavy atom. The lowest BCUT2D eigenvalue weighted by molar-refractivity contribution is 0.449. The van der Waals surface area contributed by atoms with E-state index < -0.39 is 0 Å². The fourth-order valence-electron chi connectivity index (χ4n) is 2.45. The molecule has 4 unspecified atom stereocenters. The molecule has 0 amide bonds. The molecule has 0 spiro atoms. The van der Waals surface area contributed by atoms with Gasteiger partial charge in [-0.25, -0.2) is 0 Å². The minimum Gasteiger partial charge on any atom is -0.129 e. The van der Waals surface area contributed by atoms with E-state index in [-0.39, 0.29) is 0 Å². The lowest BCUT2D eigenvalue weighted by Gasteiger charge is -2.05. The zero-order valence-electron chi connectivity index (χ0n) is 8.14. The highest BCUT2D eigenvalue weighted by Gasteiger charge is 2.51. The summed E-state index contributed by atoms with van der Waals surface area (Å²) in [6.45, 7) is 8.41. The molecule has 0 aromatic carbocycles. The average molecular weight is 162 g/mol. The third-order valence-electron chi connectivity index (χ3n) is 3.74. The smallest absolute Gasteiger partial charge is 0.00525 e. The summed E-state index contributed by atoms with van der Waals surface area (Å²) in [5.41, 5.74) is 4.56. The zero-order valence-corrected chi connectivity index (χ0v) is 8.14. The van der Waals surface area contributed by atoms with E-state index in [9.17, 15) is 0 Å². The van der Waals surface area contributed by atoms with Gasteiger partial charge in [-0.3, -0.25) is 0 Å². The molecule has 0 aromatic rings. The molecule has 0 heterocycles. The van der Waals surface area contributed by atoms with E-state index in [4.69, 9.17) is 0 Å². The van der Waals surface area contributed by atoms with E-state index in [0.29, 0.717) is 0 Å². The quantitative estimate of drug-likeness (QED) is 0.558. The van der Waals surface area contributed by atoms with Gasteiger partial charge in [0.2, 0.25) is 0 Å². The summed E-state index contributed by atoms with van der Waals surface area (Å²) in [5.74, 6) is 3.90. The van der Waals surface area contributed by atoms with Crippen LogP contribution >= 0.6 is 0 Å². The van der Waals surface area contributed by atoms with Gasteiger partial charge >= 0.3 is 0 Å². The molecule has 0 radical (unpaired) electrons. The van der Waals surface area contributed by atoms with Crippen molar-refractivity contribution in [3.8, 4) is 0 Å². The molecule has 4 atom stereocenters. The van der Waals surface area contributed by atoms with Gasteiger partial charge in [0.1, 0.15) is 0 Å². The SMILES string of the molecule is C=C=C1CC1C1CC1C(C)CC. The summed E-state index contributed by atoms with van der Waals surface area (Å²) in [4.78, 5) is 0. The third kappa shape index (κ3) is 1.25. The van der Waals surface area contributed by atoms with Crippen LogP contribution in [0.2, 0.25) is 0 Å². The Morgan fingerprint density at radius 2 is 2.42 bits per heavy atom. The highest BCUT2D eigenvalue weighted by Crippen LogP contribution is 2.59. The largest absolute Gasteiger partial charge is 0.129 e. The van der Waals surface area contributed by atoms with Gasteiger partial charge in [0.05, 0.1) is 0 Å². The van der Waals surface area contributed by atoms with Gasteiger partial charge in [0, 0.05) is 0 Å². The van der Waals surface area contributed by atoms with E-state index in [2.05, 4.69) is 26.2 Å². The number of hydrogen-bond donors (Lipinski definition) is 0. The Labute approximate surface area is 75.4 Å². The number of allylic oxidation sites excluding steroid dienone is 1. The normalized spacial score (nSPS) is 40.5. The molecule has 2 rings (SSSR count). The van der Waals surface area contributed by atoms with Crippen LogP contribution in [0.5, 0.6) is 0 Å². The Morgan fingerprint density at radius 3 is 2.92 bits per heavy atom. The van der Waals surface area contributed by atoms with Crippen LogP contribution in [0.3, 0.4) is 0 Å². The average Bonchev–Trinajstić information content (AvgIpc) is 2.93. The van der Waals surface area contributed by atoms with Crippen LogP contribution in [-0.2, 0) is 0 Å². The van der Waals surface area contributed by atoms with Gasteiger partial charge in [-0.2, -0.15) is 0 Å². The van der Waals surface area contributed by atoms with Crippen LogP contribution in [-0.4, -0.2) is 0 Å². The molecule has 0 aliphatic heterocycles. The molecule has 2 aliphatic carbocycles. The number of hydrogen-bond acceptors (Lipinski definition) is 0. The summed E-state index contributed by atoms with van der Waals surface area (Å²) in [5, 5.41) is 0. The standard InChI is InChI=1S/C12H18/c1-4-8(3)10-7-12(10)11-6-9(11)5-2/h8,10-12H,2,4,6-7H2,1,3H3. The molecule has 0 nitrogen and oxygen atoms in total. The fourth-order valence-corrected chi connectivity index (χ4v) is 2.45. The molecule has 0 bridgehead atoms. The molecule has 0 saturated heterocycles. The van der Waals surface area contributed by atoms with Crippen molar-refractivity contribution in [1.82, 2.24) is 0 Å². The summed E-state index contributed by atoms with van der Waals surface area (Å²) >= 11 is 0. The van der Waals surface area contributed by atoms with Crippen LogP contribution in [0.4, 0.5) is 0 Å². The van der Waals surface area contributed by atoms with Crippen molar-refractivity contribution in [2.75, 3.05) is 0 Å². The fraction of sp³-hybridized carbons (Fsp3) is 0.750. The van der Waals surface area contributed by atoms with E-state index >= 15 is 0 Å². The first-order chi connectivity index (χ1) is 5.77. The lowest BCUT2D eigenvalue weighted by atomic mass is 10.0. The van der Waals surface area contributed by atoms with Crippen LogP contribution in [0, 0.1) is 23.7 Å². The molecular weight excluding hydrogens is 144 g/mol. The van der Waals surface area contributed by atoms with Gasteiger partial charge in [0.15, 0.2) is 0 Å². The second-order valence-electron chi connectivity index (χ2n) is 4.46. The van der Waals surface area contributed by atoms with Crippen molar-refractivity contribution < 1.29 is 0 Å². The lowest BCUT2D eigenvalue weighted by Crippen LogP contribution is -1.97. The zero-order chi connectivity index (χ0) is 8.72. The monoisotopic (exact) mass is 162 g/mol. The Balaban J connectivity index is 1.85. The van der Waals surface area contributed by atoms with Crippen LogP contribution < -0.4 is 0 Å².